The van der Waals surface area contributed by atoms with Crippen molar-refractivity contribution in [1.82, 2.24) is 0 Å². The van der Waals surface area contributed by atoms with Crippen LogP contribution in [0.1, 0.15) is 32.1 Å². The highest BCUT2D eigenvalue weighted by Gasteiger charge is 2.25. The van der Waals surface area contributed by atoms with Crippen LogP contribution in [0, 0.1) is 0 Å². The molecule has 0 amide bonds. The Kier molecular flexibility index (Phi) is 3.37. The van der Waals surface area contributed by atoms with E-state index in [-0.39, 0.29) is 18.4 Å². The van der Waals surface area contributed by atoms with Crippen molar-refractivity contribution < 1.29 is 19.0 Å². The van der Waals surface area contributed by atoms with Crippen molar-refractivity contribution in [2.24, 2.45) is 0 Å². The summed E-state index contributed by atoms with van der Waals surface area (Å²) < 4.78 is 16.0. The van der Waals surface area contributed by atoms with Crippen LogP contribution in [-0.4, -0.2) is 31.6 Å². The summed E-state index contributed by atoms with van der Waals surface area (Å²) in [5.74, 6) is -0.108. The Morgan fingerprint density at radius 3 is 2.93 bits per heavy atom. The molecule has 4 nitrogen and oxygen atoms in total. The van der Waals surface area contributed by atoms with Crippen molar-refractivity contribution in [1.29, 1.82) is 0 Å². The van der Waals surface area contributed by atoms with Gasteiger partial charge in [0.2, 0.25) is 0 Å². The minimum absolute atomic E-state index is 0.0481. The third-order valence-electron chi connectivity index (χ3n) is 2.57. The number of hydrogen-bond acceptors (Lipinski definition) is 4. The number of ether oxygens (including phenoxy) is 3. The zero-order valence-electron chi connectivity index (χ0n) is 8.24. The molecular formula is C10H16O4. The van der Waals surface area contributed by atoms with E-state index in [9.17, 15) is 4.79 Å². The summed E-state index contributed by atoms with van der Waals surface area (Å²) in [5, 5.41) is 0. The largest absolute Gasteiger partial charge is 0.460 e. The predicted molar refractivity (Wildman–Crippen MR) is 48.7 cm³/mol. The van der Waals surface area contributed by atoms with E-state index in [0.29, 0.717) is 13.0 Å². The van der Waals surface area contributed by atoms with E-state index < -0.39 is 0 Å². The second-order valence-electron chi connectivity index (χ2n) is 3.78. The summed E-state index contributed by atoms with van der Waals surface area (Å²) >= 11 is 0. The van der Waals surface area contributed by atoms with Crippen molar-refractivity contribution in [3.63, 3.8) is 0 Å². The van der Waals surface area contributed by atoms with Gasteiger partial charge in [-0.1, -0.05) is 0 Å². The number of carbonyl (C=O) groups is 1. The highest BCUT2D eigenvalue weighted by molar-refractivity contribution is 5.71. The molecule has 0 radical (unpaired) electrons. The number of esters is 1. The Morgan fingerprint density at radius 2 is 2.29 bits per heavy atom. The molecule has 0 saturated carbocycles. The maximum absolute atomic E-state index is 10.8. The Bertz CT molecular complexity index is 198. The van der Waals surface area contributed by atoms with Crippen molar-refractivity contribution in [3.8, 4) is 0 Å². The fourth-order valence-corrected chi connectivity index (χ4v) is 1.76. The minimum atomic E-state index is -0.108. The highest BCUT2D eigenvalue weighted by Crippen LogP contribution is 2.18. The molecule has 0 N–H and O–H groups in total. The molecule has 2 rings (SSSR count). The van der Waals surface area contributed by atoms with Gasteiger partial charge in [-0.25, -0.2) is 0 Å². The molecular weight excluding hydrogens is 184 g/mol. The lowest BCUT2D eigenvalue weighted by Gasteiger charge is -2.23. The van der Waals surface area contributed by atoms with Gasteiger partial charge in [0.15, 0.2) is 6.29 Å². The molecule has 0 unspecified atom stereocenters. The standard InChI is InChI=1S/C10H16O4/c11-9-5-4-8(14-9)7-13-10-3-1-2-6-12-10/h8,10H,1-7H2/t8-,10-/m0/s1. The van der Waals surface area contributed by atoms with Gasteiger partial charge in [0.25, 0.3) is 0 Å². The highest BCUT2D eigenvalue weighted by atomic mass is 16.7. The van der Waals surface area contributed by atoms with Crippen LogP contribution in [-0.2, 0) is 19.0 Å². The lowest BCUT2D eigenvalue weighted by molar-refractivity contribution is -0.179. The maximum atomic E-state index is 10.8. The summed E-state index contributed by atoms with van der Waals surface area (Å²) in [7, 11) is 0. The summed E-state index contributed by atoms with van der Waals surface area (Å²) in [5.41, 5.74) is 0. The van der Waals surface area contributed by atoms with Gasteiger partial charge in [-0.05, 0) is 25.7 Å². The first-order valence-electron chi connectivity index (χ1n) is 5.27. The van der Waals surface area contributed by atoms with Gasteiger partial charge in [-0.2, -0.15) is 0 Å². The van der Waals surface area contributed by atoms with Crippen LogP contribution in [0.25, 0.3) is 0 Å². The van der Waals surface area contributed by atoms with Gasteiger partial charge < -0.3 is 14.2 Å². The third-order valence-corrected chi connectivity index (χ3v) is 2.57. The SMILES string of the molecule is O=C1CC[C@@H](CO[C@H]2CCCCO2)O1. The Labute approximate surface area is 83.5 Å². The lowest BCUT2D eigenvalue weighted by Crippen LogP contribution is -2.26. The zero-order chi connectivity index (χ0) is 9.80. The molecule has 2 atom stereocenters. The first-order valence-corrected chi connectivity index (χ1v) is 5.27. The molecule has 2 aliphatic rings. The number of carbonyl (C=O) groups excluding carboxylic acids is 1. The van der Waals surface area contributed by atoms with E-state index in [2.05, 4.69) is 0 Å². The van der Waals surface area contributed by atoms with Crippen LogP contribution in [0.5, 0.6) is 0 Å². The smallest absolute Gasteiger partial charge is 0.306 e. The molecule has 0 aliphatic carbocycles. The number of cyclic esters (lactones) is 1. The van der Waals surface area contributed by atoms with Crippen LogP contribution in [0.15, 0.2) is 0 Å². The molecule has 2 aliphatic heterocycles. The van der Waals surface area contributed by atoms with Crippen molar-refractivity contribution in [2.45, 2.75) is 44.5 Å². The topological polar surface area (TPSA) is 44.8 Å². The molecule has 2 fully saturated rings. The molecule has 2 saturated heterocycles. The maximum Gasteiger partial charge on any atom is 0.306 e. The monoisotopic (exact) mass is 200 g/mol. The molecule has 0 bridgehead atoms. The van der Waals surface area contributed by atoms with Gasteiger partial charge in [0.05, 0.1) is 6.61 Å². The fourth-order valence-electron chi connectivity index (χ4n) is 1.76. The fraction of sp³-hybridized carbons (Fsp3) is 0.900. The second-order valence-corrected chi connectivity index (χ2v) is 3.78. The Morgan fingerprint density at radius 1 is 1.36 bits per heavy atom. The zero-order valence-corrected chi connectivity index (χ0v) is 8.24. The quantitative estimate of drug-likeness (QED) is 0.643. The predicted octanol–water partition coefficient (Wildman–Crippen LogP) is 1.24. The Balaban J connectivity index is 1.63. The molecule has 0 spiro atoms. The minimum Gasteiger partial charge on any atom is -0.460 e. The average molecular weight is 200 g/mol. The van der Waals surface area contributed by atoms with E-state index in [0.717, 1.165) is 32.3 Å². The third kappa shape index (κ3) is 2.69. The van der Waals surface area contributed by atoms with E-state index in [1.807, 2.05) is 0 Å². The van der Waals surface area contributed by atoms with Gasteiger partial charge in [0.1, 0.15) is 6.10 Å². The number of hydrogen-bond donors (Lipinski definition) is 0. The van der Waals surface area contributed by atoms with Gasteiger partial charge >= 0.3 is 5.97 Å². The van der Waals surface area contributed by atoms with E-state index in [4.69, 9.17) is 14.2 Å². The normalized spacial score (nSPS) is 33.0. The van der Waals surface area contributed by atoms with Crippen LogP contribution < -0.4 is 0 Å². The molecule has 0 aromatic rings. The van der Waals surface area contributed by atoms with Gasteiger partial charge in [-0.3, -0.25) is 4.79 Å². The Hall–Kier alpha value is -0.610. The number of rotatable bonds is 3. The first-order chi connectivity index (χ1) is 6.84. The second kappa shape index (κ2) is 4.75. The summed E-state index contributed by atoms with van der Waals surface area (Å²) in [4.78, 5) is 10.8. The molecule has 2 heterocycles. The van der Waals surface area contributed by atoms with E-state index in [1.165, 1.54) is 0 Å². The molecule has 0 aromatic carbocycles. The average Bonchev–Trinajstić information content (AvgIpc) is 2.63. The molecule has 0 aromatic heterocycles. The van der Waals surface area contributed by atoms with Crippen LogP contribution in [0.4, 0.5) is 0 Å². The molecule has 4 heteroatoms. The van der Waals surface area contributed by atoms with Crippen LogP contribution >= 0.6 is 0 Å². The van der Waals surface area contributed by atoms with Crippen molar-refractivity contribution >= 4 is 5.97 Å². The summed E-state index contributed by atoms with van der Waals surface area (Å²) in [6.45, 7) is 1.27. The summed E-state index contributed by atoms with van der Waals surface area (Å²) in [6.07, 6.45) is 4.43. The van der Waals surface area contributed by atoms with Crippen LogP contribution in [0.3, 0.4) is 0 Å². The lowest BCUT2D eigenvalue weighted by atomic mass is 10.2. The van der Waals surface area contributed by atoms with E-state index in [1.54, 1.807) is 0 Å². The van der Waals surface area contributed by atoms with Crippen molar-refractivity contribution in [2.75, 3.05) is 13.2 Å². The van der Waals surface area contributed by atoms with Crippen LogP contribution in [0.2, 0.25) is 0 Å². The molecule has 80 valence electrons. The molecule has 14 heavy (non-hydrogen) atoms. The van der Waals surface area contributed by atoms with Gasteiger partial charge in [0, 0.05) is 13.0 Å². The van der Waals surface area contributed by atoms with E-state index >= 15 is 0 Å². The van der Waals surface area contributed by atoms with Gasteiger partial charge in [-0.15, -0.1) is 0 Å². The summed E-state index contributed by atoms with van der Waals surface area (Å²) in [6, 6.07) is 0. The van der Waals surface area contributed by atoms with Crippen molar-refractivity contribution in [3.05, 3.63) is 0 Å². The first kappa shape index (κ1) is 9.93.